The summed E-state index contributed by atoms with van der Waals surface area (Å²) < 4.78 is 4.74. The van der Waals surface area contributed by atoms with E-state index in [1.54, 1.807) is 0 Å². The van der Waals surface area contributed by atoms with E-state index in [1.807, 2.05) is 4.90 Å². The molecule has 1 amide bonds. The normalized spacial score (nSPS) is 26.1. The Bertz CT molecular complexity index is 286. The summed E-state index contributed by atoms with van der Waals surface area (Å²) in [4.78, 5) is 25.3. The van der Waals surface area contributed by atoms with Gasteiger partial charge in [0.05, 0.1) is 13.0 Å². The summed E-state index contributed by atoms with van der Waals surface area (Å²) in [7, 11) is 1.41. The van der Waals surface area contributed by atoms with Crippen molar-refractivity contribution in [3.63, 3.8) is 0 Å². The van der Waals surface area contributed by atoms with E-state index in [0.29, 0.717) is 6.54 Å². The molecule has 1 atom stereocenters. The molecule has 1 saturated carbocycles. The summed E-state index contributed by atoms with van der Waals surface area (Å²) in [5.74, 6) is 0.199. The average molecular weight is 225 g/mol. The molecule has 1 aliphatic heterocycles. The van der Waals surface area contributed by atoms with Crippen molar-refractivity contribution in [3.05, 3.63) is 0 Å². The van der Waals surface area contributed by atoms with Crippen molar-refractivity contribution in [3.8, 4) is 0 Å². The van der Waals surface area contributed by atoms with Gasteiger partial charge in [0.1, 0.15) is 0 Å². The van der Waals surface area contributed by atoms with E-state index in [0.717, 1.165) is 32.2 Å². The molecule has 0 aromatic heterocycles. The fourth-order valence-corrected chi connectivity index (χ4v) is 2.45. The second-order valence-electron chi connectivity index (χ2n) is 4.77. The number of likely N-dealkylation sites (tertiary alicyclic amines) is 1. The minimum atomic E-state index is -0.175. The number of nitrogens with zero attached hydrogens (tertiary/aromatic N) is 1. The van der Waals surface area contributed by atoms with Gasteiger partial charge in [-0.3, -0.25) is 9.59 Å². The zero-order valence-corrected chi connectivity index (χ0v) is 9.78. The molecule has 0 aromatic carbocycles. The van der Waals surface area contributed by atoms with Crippen LogP contribution in [-0.2, 0) is 14.3 Å². The minimum absolute atomic E-state index is 0.109. The van der Waals surface area contributed by atoms with E-state index >= 15 is 0 Å². The molecule has 0 radical (unpaired) electrons. The van der Waals surface area contributed by atoms with Crippen LogP contribution in [0.25, 0.3) is 0 Å². The van der Waals surface area contributed by atoms with Gasteiger partial charge in [0.2, 0.25) is 5.91 Å². The van der Waals surface area contributed by atoms with Gasteiger partial charge in [-0.25, -0.2) is 0 Å². The van der Waals surface area contributed by atoms with Crippen LogP contribution in [0.5, 0.6) is 0 Å². The average Bonchev–Trinajstić information content (AvgIpc) is 2.26. The summed E-state index contributed by atoms with van der Waals surface area (Å²) in [6, 6.07) is 0. The second-order valence-corrected chi connectivity index (χ2v) is 4.77. The van der Waals surface area contributed by atoms with Crippen LogP contribution in [0.1, 0.15) is 32.1 Å². The Balaban J connectivity index is 1.90. The van der Waals surface area contributed by atoms with Gasteiger partial charge >= 0.3 is 5.97 Å². The van der Waals surface area contributed by atoms with Crippen LogP contribution in [0.2, 0.25) is 0 Å². The summed E-state index contributed by atoms with van der Waals surface area (Å²) in [6.45, 7) is 1.37. The van der Waals surface area contributed by atoms with E-state index in [9.17, 15) is 9.59 Å². The lowest BCUT2D eigenvalue weighted by Crippen LogP contribution is -2.46. The first kappa shape index (κ1) is 11.4. The highest BCUT2D eigenvalue weighted by Crippen LogP contribution is 2.30. The minimum Gasteiger partial charge on any atom is -0.469 e. The number of esters is 1. The molecule has 1 saturated heterocycles. The molecule has 1 aliphatic carbocycles. The fraction of sp³-hybridized carbons (Fsp3) is 0.833. The lowest BCUT2D eigenvalue weighted by molar-refractivity contribution is -0.150. The zero-order valence-electron chi connectivity index (χ0n) is 9.78. The first-order chi connectivity index (χ1) is 7.72. The van der Waals surface area contributed by atoms with Gasteiger partial charge in [-0.05, 0) is 25.7 Å². The van der Waals surface area contributed by atoms with Crippen molar-refractivity contribution in [1.82, 2.24) is 4.90 Å². The van der Waals surface area contributed by atoms with Crippen LogP contribution in [0.3, 0.4) is 0 Å². The SMILES string of the molecule is COC(=O)C1CCCN(C(=O)C2CCC2)C1. The molecule has 1 heterocycles. The Labute approximate surface area is 95.9 Å². The van der Waals surface area contributed by atoms with Gasteiger partial charge in [-0.2, -0.15) is 0 Å². The van der Waals surface area contributed by atoms with Crippen molar-refractivity contribution in [2.24, 2.45) is 11.8 Å². The van der Waals surface area contributed by atoms with E-state index in [1.165, 1.54) is 13.5 Å². The quantitative estimate of drug-likeness (QED) is 0.663. The van der Waals surface area contributed by atoms with E-state index in [-0.39, 0.29) is 23.7 Å². The molecule has 2 rings (SSSR count). The van der Waals surface area contributed by atoms with Crippen LogP contribution in [0.15, 0.2) is 0 Å². The number of carbonyl (C=O) groups is 2. The Morgan fingerprint density at radius 3 is 2.38 bits per heavy atom. The molecule has 0 N–H and O–H groups in total. The van der Waals surface area contributed by atoms with Crippen molar-refractivity contribution >= 4 is 11.9 Å². The van der Waals surface area contributed by atoms with Crippen LogP contribution in [0, 0.1) is 11.8 Å². The maximum absolute atomic E-state index is 12.0. The first-order valence-corrected chi connectivity index (χ1v) is 6.09. The van der Waals surface area contributed by atoms with Gasteiger partial charge in [-0.1, -0.05) is 6.42 Å². The molecule has 2 aliphatic rings. The lowest BCUT2D eigenvalue weighted by atomic mass is 9.83. The van der Waals surface area contributed by atoms with Gasteiger partial charge in [0, 0.05) is 19.0 Å². The Kier molecular flexibility index (Phi) is 3.46. The third-order valence-corrected chi connectivity index (χ3v) is 3.72. The standard InChI is InChI=1S/C12H19NO3/c1-16-12(15)10-6-3-7-13(8-10)11(14)9-4-2-5-9/h9-10H,2-8H2,1H3. The third kappa shape index (κ3) is 2.20. The second kappa shape index (κ2) is 4.85. The lowest BCUT2D eigenvalue weighted by Gasteiger charge is -2.36. The molecule has 0 aromatic rings. The maximum Gasteiger partial charge on any atom is 0.310 e. The van der Waals surface area contributed by atoms with Crippen LogP contribution in [0.4, 0.5) is 0 Å². The number of carbonyl (C=O) groups excluding carboxylic acids is 2. The molecular weight excluding hydrogens is 206 g/mol. The van der Waals surface area contributed by atoms with Gasteiger partial charge in [0.25, 0.3) is 0 Å². The van der Waals surface area contributed by atoms with E-state index in [4.69, 9.17) is 4.74 Å². The summed E-state index contributed by atoms with van der Waals surface area (Å²) in [5, 5.41) is 0. The van der Waals surface area contributed by atoms with Crippen LogP contribution >= 0.6 is 0 Å². The number of rotatable bonds is 2. The smallest absolute Gasteiger partial charge is 0.310 e. The fourth-order valence-electron chi connectivity index (χ4n) is 2.45. The number of hydrogen-bond acceptors (Lipinski definition) is 3. The van der Waals surface area contributed by atoms with Gasteiger partial charge in [-0.15, -0.1) is 0 Å². The molecule has 2 fully saturated rings. The van der Waals surface area contributed by atoms with Crippen molar-refractivity contribution < 1.29 is 14.3 Å². The highest BCUT2D eigenvalue weighted by atomic mass is 16.5. The first-order valence-electron chi connectivity index (χ1n) is 6.09. The number of piperidine rings is 1. The number of hydrogen-bond donors (Lipinski definition) is 0. The maximum atomic E-state index is 12.0. The van der Waals surface area contributed by atoms with E-state index in [2.05, 4.69) is 0 Å². The summed E-state index contributed by atoms with van der Waals surface area (Å²) >= 11 is 0. The third-order valence-electron chi connectivity index (χ3n) is 3.72. The molecule has 1 unspecified atom stereocenters. The largest absolute Gasteiger partial charge is 0.469 e. The van der Waals surface area contributed by atoms with Crippen LogP contribution < -0.4 is 0 Å². The zero-order chi connectivity index (χ0) is 11.5. The molecule has 0 spiro atoms. The topological polar surface area (TPSA) is 46.6 Å². The molecule has 4 heteroatoms. The molecular formula is C12H19NO3. The van der Waals surface area contributed by atoms with Crippen molar-refractivity contribution in [2.45, 2.75) is 32.1 Å². The Morgan fingerprint density at radius 1 is 1.12 bits per heavy atom. The predicted molar refractivity (Wildman–Crippen MR) is 58.7 cm³/mol. The van der Waals surface area contributed by atoms with E-state index < -0.39 is 0 Å². The Hall–Kier alpha value is -1.06. The number of methoxy groups -OCH3 is 1. The molecule has 16 heavy (non-hydrogen) atoms. The highest BCUT2D eigenvalue weighted by Gasteiger charge is 2.34. The highest BCUT2D eigenvalue weighted by molar-refractivity contribution is 5.81. The van der Waals surface area contributed by atoms with Gasteiger partial charge in [0.15, 0.2) is 0 Å². The molecule has 90 valence electrons. The summed E-state index contributed by atoms with van der Waals surface area (Å²) in [6.07, 6.45) is 4.99. The van der Waals surface area contributed by atoms with Crippen LogP contribution in [-0.4, -0.2) is 37.0 Å². The monoisotopic (exact) mass is 225 g/mol. The summed E-state index contributed by atoms with van der Waals surface area (Å²) in [5.41, 5.74) is 0. The van der Waals surface area contributed by atoms with Crippen molar-refractivity contribution in [2.75, 3.05) is 20.2 Å². The predicted octanol–water partition coefficient (Wildman–Crippen LogP) is 1.20. The molecule has 0 bridgehead atoms. The van der Waals surface area contributed by atoms with Gasteiger partial charge < -0.3 is 9.64 Å². The Morgan fingerprint density at radius 2 is 1.81 bits per heavy atom. The molecule has 4 nitrogen and oxygen atoms in total. The van der Waals surface area contributed by atoms with Crippen molar-refractivity contribution in [1.29, 1.82) is 0 Å². The number of ether oxygens (including phenoxy) is 1. The number of amides is 1.